The molecule has 2 aromatic rings. The molecule has 0 unspecified atom stereocenters. The Labute approximate surface area is 172 Å². The number of carbonyl (C=O) groups excluding carboxylic acids is 1. The zero-order valence-corrected chi connectivity index (χ0v) is 17.6. The summed E-state index contributed by atoms with van der Waals surface area (Å²) in [7, 11) is 4.83. The van der Waals surface area contributed by atoms with E-state index in [1.165, 1.54) is 18.2 Å². The van der Waals surface area contributed by atoms with Gasteiger partial charge < -0.3 is 19.5 Å². The first kappa shape index (κ1) is 21.1. The number of nitrogens with zero attached hydrogens (tertiary/aromatic N) is 1. The lowest BCUT2D eigenvalue weighted by Crippen LogP contribution is -2.48. The van der Waals surface area contributed by atoms with E-state index in [1.807, 2.05) is 13.0 Å². The van der Waals surface area contributed by atoms with Gasteiger partial charge in [0.1, 0.15) is 6.61 Å². The molecule has 1 amide bonds. The predicted octanol–water partition coefficient (Wildman–Crippen LogP) is 2.95. The zero-order valence-electron chi connectivity index (χ0n) is 17.6. The Morgan fingerprint density at radius 3 is 2.48 bits per heavy atom. The maximum atomic E-state index is 12.2. The normalized spacial score (nSPS) is 17.3. The van der Waals surface area contributed by atoms with Gasteiger partial charge in [-0.25, -0.2) is 0 Å². The molecule has 0 saturated heterocycles. The van der Waals surface area contributed by atoms with Crippen LogP contribution in [0.1, 0.15) is 29.7 Å². The van der Waals surface area contributed by atoms with E-state index in [2.05, 4.69) is 46.6 Å². The van der Waals surface area contributed by atoms with Gasteiger partial charge in [0.15, 0.2) is 11.5 Å². The van der Waals surface area contributed by atoms with Crippen LogP contribution in [0.4, 0.5) is 0 Å². The molecule has 0 bridgehead atoms. The summed E-state index contributed by atoms with van der Waals surface area (Å²) < 4.78 is 16.0. The largest absolute Gasteiger partial charge is 0.493 e. The average Bonchev–Trinajstić information content (AvgIpc) is 2.73. The number of carbonyl (C=O) groups is 1. The monoisotopic (exact) mass is 398 g/mol. The standard InChI is InChI=1S/C23H30N2O4/c1-16(24-22(26)15-27-2)23-19-13-21(29-4)20(28-3)12-18(19)10-11-25(23)14-17-8-6-5-7-9-17/h5-9,12-13,16,23H,10-11,14-15H2,1-4H3,(H,24,26)/t16-,23+/m1/s1. The van der Waals surface area contributed by atoms with Crippen molar-refractivity contribution in [3.05, 3.63) is 59.2 Å². The van der Waals surface area contributed by atoms with E-state index in [0.717, 1.165) is 30.8 Å². The molecule has 1 aliphatic heterocycles. The maximum absolute atomic E-state index is 12.2. The van der Waals surface area contributed by atoms with Crippen molar-refractivity contribution in [1.82, 2.24) is 10.2 Å². The third-order valence-electron chi connectivity index (χ3n) is 5.39. The predicted molar refractivity (Wildman–Crippen MR) is 112 cm³/mol. The number of ether oxygens (including phenoxy) is 3. The highest BCUT2D eigenvalue weighted by Gasteiger charge is 2.33. The van der Waals surface area contributed by atoms with E-state index in [9.17, 15) is 4.79 Å². The van der Waals surface area contributed by atoms with Crippen LogP contribution in [0.15, 0.2) is 42.5 Å². The van der Waals surface area contributed by atoms with Crippen LogP contribution in [0.3, 0.4) is 0 Å². The summed E-state index contributed by atoms with van der Waals surface area (Å²) in [6.07, 6.45) is 0.914. The van der Waals surface area contributed by atoms with Crippen LogP contribution in [-0.4, -0.2) is 51.3 Å². The van der Waals surface area contributed by atoms with Crippen molar-refractivity contribution in [2.45, 2.75) is 32.0 Å². The van der Waals surface area contributed by atoms with Crippen LogP contribution in [0.25, 0.3) is 0 Å². The molecule has 0 aliphatic carbocycles. The second-order valence-corrected chi connectivity index (χ2v) is 7.35. The second-order valence-electron chi connectivity index (χ2n) is 7.35. The molecule has 1 aliphatic rings. The number of benzene rings is 2. The fraction of sp³-hybridized carbons (Fsp3) is 0.435. The Morgan fingerprint density at radius 2 is 1.83 bits per heavy atom. The minimum atomic E-state index is -0.118. The van der Waals surface area contributed by atoms with Gasteiger partial charge in [0.2, 0.25) is 5.91 Å². The van der Waals surface area contributed by atoms with Gasteiger partial charge in [-0.1, -0.05) is 30.3 Å². The van der Waals surface area contributed by atoms with Crippen molar-refractivity contribution in [3.8, 4) is 11.5 Å². The maximum Gasteiger partial charge on any atom is 0.246 e. The molecule has 3 rings (SSSR count). The molecule has 2 aromatic carbocycles. The first-order valence-electron chi connectivity index (χ1n) is 9.88. The highest BCUT2D eigenvalue weighted by atomic mass is 16.5. The highest BCUT2D eigenvalue weighted by molar-refractivity contribution is 5.77. The molecule has 156 valence electrons. The summed E-state index contributed by atoms with van der Waals surface area (Å²) >= 11 is 0. The number of rotatable bonds is 8. The number of hydrogen-bond acceptors (Lipinski definition) is 5. The van der Waals surface area contributed by atoms with Gasteiger partial charge in [-0.15, -0.1) is 0 Å². The molecule has 0 fully saturated rings. The van der Waals surface area contributed by atoms with Crippen LogP contribution in [0.5, 0.6) is 11.5 Å². The zero-order chi connectivity index (χ0) is 20.8. The lowest BCUT2D eigenvalue weighted by atomic mass is 9.87. The summed E-state index contributed by atoms with van der Waals surface area (Å²) in [6.45, 7) is 3.80. The van der Waals surface area contributed by atoms with Crippen molar-refractivity contribution in [3.63, 3.8) is 0 Å². The van der Waals surface area contributed by atoms with Crippen molar-refractivity contribution >= 4 is 5.91 Å². The van der Waals surface area contributed by atoms with Crippen LogP contribution < -0.4 is 14.8 Å². The van der Waals surface area contributed by atoms with Gasteiger partial charge in [0, 0.05) is 26.2 Å². The second kappa shape index (κ2) is 9.76. The van der Waals surface area contributed by atoms with Gasteiger partial charge in [-0.3, -0.25) is 9.69 Å². The molecule has 6 nitrogen and oxygen atoms in total. The third kappa shape index (κ3) is 4.89. The lowest BCUT2D eigenvalue weighted by molar-refractivity contribution is -0.125. The van der Waals surface area contributed by atoms with E-state index >= 15 is 0 Å². The smallest absolute Gasteiger partial charge is 0.246 e. The van der Waals surface area contributed by atoms with E-state index in [4.69, 9.17) is 14.2 Å². The van der Waals surface area contributed by atoms with E-state index < -0.39 is 0 Å². The molecule has 0 radical (unpaired) electrons. The molecule has 0 saturated carbocycles. The van der Waals surface area contributed by atoms with Gasteiger partial charge in [0.05, 0.1) is 20.3 Å². The summed E-state index contributed by atoms with van der Waals surface area (Å²) in [5.41, 5.74) is 3.64. The van der Waals surface area contributed by atoms with E-state index in [1.54, 1.807) is 14.2 Å². The molecule has 2 atom stereocenters. The Kier molecular flexibility index (Phi) is 7.12. The van der Waals surface area contributed by atoms with Crippen LogP contribution in [0.2, 0.25) is 0 Å². The van der Waals surface area contributed by atoms with Crippen molar-refractivity contribution in [1.29, 1.82) is 0 Å². The highest BCUT2D eigenvalue weighted by Crippen LogP contribution is 2.40. The van der Waals surface area contributed by atoms with Gasteiger partial charge >= 0.3 is 0 Å². The molecule has 1 N–H and O–H groups in total. The first-order valence-corrected chi connectivity index (χ1v) is 9.88. The van der Waals surface area contributed by atoms with Crippen LogP contribution in [0, 0.1) is 0 Å². The van der Waals surface area contributed by atoms with Crippen LogP contribution in [-0.2, 0) is 22.5 Å². The minimum absolute atomic E-state index is 0.0135. The number of fused-ring (bicyclic) bond motifs is 1. The van der Waals surface area contributed by atoms with Crippen molar-refractivity contribution in [2.75, 3.05) is 34.5 Å². The Balaban J connectivity index is 1.96. The summed E-state index contributed by atoms with van der Waals surface area (Å²) in [5.74, 6) is 1.32. The third-order valence-corrected chi connectivity index (χ3v) is 5.39. The fourth-order valence-electron chi connectivity index (χ4n) is 4.12. The van der Waals surface area contributed by atoms with Gasteiger partial charge in [0.25, 0.3) is 0 Å². The first-order chi connectivity index (χ1) is 14.1. The van der Waals surface area contributed by atoms with Crippen LogP contribution >= 0.6 is 0 Å². The van der Waals surface area contributed by atoms with Crippen molar-refractivity contribution < 1.29 is 19.0 Å². The topological polar surface area (TPSA) is 60.0 Å². The quantitative estimate of drug-likeness (QED) is 0.741. The summed E-state index contributed by atoms with van der Waals surface area (Å²) in [4.78, 5) is 14.6. The summed E-state index contributed by atoms with van der Waals surface area (Å²) in [5, 5.41) is 3.10. The molecule has 6 heteroatoms. The number of hydrogen-bond donors (Lipinski definition) is 1. The summed E-state index contributed by atoms with van der Waals surface area (Å²) in [6, 6.07) is 14.4. The molecule has 0 aromatic heterocycles. The SMILES string of the molecule is COCC(=O)N[C@H](C)[C@H]1c2cc(OC)c(OC)cc2CCN1Cc1ccccc1. The molecular weight excluding hydrogens is 368 g/mol. The Morgan fingerprint density at radius 1 is 1.14 bits per heavy atom. The Bertz CT molecular complexity index is 825. The van der Waals surface area contributed by atoms with Crippen molar-refractivity contribution in [2.24, 2.45) is 0 Å². The van der Waals surface area contributed by atoms with E-state index in [-0.39, 0.29) is 24.6 Å². The van der Waals surface area contributed by atoms with Gasteiger partial charge in [-0.05, 0) is 42.2 Å². The number of methoxy groups -OCH3 is 3. The number of nitrogens with one attached hydrogen (secondary N) is 1. The molecular formula is C23H30N2O4. The lowest BCUT2D eigenvalue weighted by Gasteiger charge is -2.41. The average molecular weight is 399 g/mol. The number of amides is 1. The molecule has 1 heterocycles. The Hall–Kier alpha value is -2.57. The molecule has 29 heavy (non-hydrogen) atoms. The van der Waals surface area contributed by atoms with Gasteiger partial charge in [-0.2, -0.15) is 0 Å². The fourth-order valence-corrected chi connectivity index (χ4v) is 4.12. The minimum Gasteiger partial charge on any atom is -0.493 e. The van der Waals surface area contributed by atoms with E-state index in [0.29, 0.717) is 5.75 Å². The molecule has 0 spiro atoms.